The van der Waals surface area contributed by atoms with Crippen LogP contribution in [0, 0.1) is 22.7 Å². The molecule has 0 heteroatoms. The Bertz CT molecular complexity index is 1140. The fourth-order valence-corrected chi connectivity index (χ4v) is 5.98. The average molecular weight is 539 g/mol. The molecule has 0 saturated heterocycles. The van der Waals surface area contributed by atoms with Crippen molar-refractivity contribution in [3.8, 4) is 0 Å². The fraction of sp³-hybridized carbons (Fsp3) is 0.500. The zero-order valence-corrected chi connectivity index (χ0v) is 27.5. The monoisotopic (exact) mass is 538 g/mol. The lowest BCUT2D eigenvalue weighted by Crippen LogP contribution is -2.26. The van der Waals surface area contributed by atoms with Crippen molar-refractivity contribution in [1.29, 1.82) is 0 Å². The molecule has 0 aromatic heterocycles. The van der Waals surface area contributed by atoms with E-state index in [0.717, 1.165) is 6.42 Å². The Morgan fingerprint density at radius 1 is 0.875 bits per heavy atom. The number of allylic oxidation sites excluding steroid dienone is 20. The van der Waals surface area contributed by atoms with Gasteiger partial charge in [-0.2, -0.15) is 0 Å². The highest BCUT2D eigenvalue weighted by molar-refractivity contribution is 5.33. The third kappa shape index (κ3) is 11.5. The standard InChI is InChI=1S/C40H58/c1-31(19-13-21-33(3)25-27-37-35(5)23-15-29-39(37,7)8)17-11-12-18-32(2)20-14-22-34(4)26-28-38-36(6)24-16-30-40(38,9)10/h11-14,17-21,23,25-28,34,37H,15-16,22,24,29-30H2,1-10H3/b12-11+,19-13+,20-14+,27-25+,28-26+,31-17+,32-18+,33-21+. The highest BCUT2D eigenvalue weighted by Crippen LogP contribution is 2.42. The SMILES string of the molecule is CC1=CCCC(C)(C)C1/C=C/C(C)=C/C=C/C(C)=C/C=C/C=C(C)/C=C/CC(C)/C=C/C1=C(C)CCCC1(C)C. The molecule has 40 heavy (non-hydrogen) atoms. The Labute approximate surface area is 248 Å². The van der Waals surface area contributed by atoms with Gasteiger partial charge >= 0.3 is 0 Å². The van der Waals surface area contributed by atoms with Gasteiger partial charge in [0.25, 0.3) is 0 Å². The first kappa shape index (κ1) is 33.6. The maximum atomic E-state index is 2.41. The van der Waals surface area contributed by atoms with Crippen molar-refractivity contribution < 1.29 is 0 Å². The van der Waals surface area contributed by atoms with Crippen LogP contribution in [0.4, 0.5) is 0 Å². The number of hydrogen-bond acceptors (Lipinski definition) is 0. The number of hydrogen-bond donors (Lipinski definition) is 0. The van der Waals surface area contributed by atoms with Crippen molar-refractivity contribution in [1.82, 2.24) is 0 Å². The molecule has 0 aromatic carbocycles. The van der Waals surface area contributed by atoms with Gasteiger partial charge in [-0.25, -0.2) is 0 Å². The smallest absolute Gasteiger partial charge is 0.00285 e. The van der Waals surface area contributed by atoms with E-state index in [2.05, 4.69) is 154 Å². The molecule has 0 nitrogen and oxygen atoms in total. The quantitative estimate of drug-likeness (QED) is 0.181. The van der Waals surface area contributed by atoms with Crippen LogP contribution in [0.5, 0.6) is 0 Å². The second kappa shape index (κ2) is 16.0. The predicted molar refractivity (Wildman–Crippen MR) is 181 cm³/mol. The lowest BCUT2D eigenvalue weighted by molar-refractivity contribution is 0.255. The van der Waals surface area contributed by atoms with E-state index in [1.165, 1.54) is 54.4 Å². The van der Waals surface area contributed by atoms with Gasteiger partial charge in [0.2, 0.25) is 0 Å². The second-order valence-electron chi connectivity index (χ2n) is 13.7. The zero-order valence-electron chi connectivity index (χ0n) is 27.5. The van der Waals surface area contributed by atoms with Crippen molar-refractivity contribution in [2.45, 2.75) is 108 Å². The molecule has 0 radical (unpaired) electrons. The van der Waals surface area contributed by atoms with E-state index in [-0.39, 0.29) is 0 Å². The molecule has 0 spiro atoms. The van der Waals surface area contributed by atoms with Crippen LogP contribution in [0.25, 0.3) is 0 Å². The third-order valence-corrected chi connectivity index (χ3v) is 8.71. The van der Waals surface area contributed by atoms with E-state index in [9.17, 15) is 0 Å². The second-order valence-corrected chi connectivity index (χ2v) is 13.7. The first-order chi connectivity index (χ1) is 18.8. The molecule has 0 aromatic rings. The summed E-state index contributed by atoms with van der Waals surface area (Å²) in [6, 6.07) is 0. The molecule has 2 atom stereocenters. The largest absolute Gasteiger partial charge is 0.0850 e. The van der Waals surface area contributed by atoms with Crippen LogP contribution in [-0.2, 0) is 0 Å². The van der Waals surface area contributed by atoms with Crippen LogP contribution < -0.4 is 0 Å². The van der Waals surface area contributed by atoms with Crippen LogP contribution in [-0.4, -0.2) is 0 Å². The first-order valence-electron chi connectivity index (χ1n) is 15.6. The molecule has 2 aliphatic carbocycles. The molecule has 0 fully saturated rings. The summed E-state index contributed by atoms with van der Waals surface area (Å²) in [7, 11) is 0. The van der Waals surface area contributed by atoms with Gasteiger partial charge in [0.05, 0.1) is 0 Å². The van der Waals surface area contributed by atoms with Gasteiger partial charge in [-0.15, -0.1) is 0 Å². The summed E-state index contributed by atoms with van der Waals surface area (Å²) in [5, 5.41) is 0. The highest BCUT2D eigenvalue weighted by Gasteiger charge is 2.30. The van der Waals surface area contributed by atoms with E-state index in [4.69, 9.17) is 0 Å². The summed E-state index contributed by atoms with van der Waals surface area (Å²) < 4.78 is 0. The minimum absolute atomic E-state index is 0.318. The minimum Gasteiger partial charge on any atom is -0.0850 e. The van der Waals surface area contributed by atoms with Crippen molar-refractivity contribution >= 4 is 0 Å². The molecular formula is C40H58. The van der Waals surface area contributed by atoms with E-state index in [0.29, 0.717) is 22.7 Å². The van der Waals surface area contributed by atoms with Crippen LogP contribution in [0.1, 0.15) is 108 Å². The summed E-state index contributed by atoms with van der Waals surface area (Å²) in [4.78, 5) is 0. The number of rotatable bonds is 11. The van der Waals surface area contributed by atoms with Gasteiger partial charge in [0.15, 0.2) is 0 Å². The predicted octanol–water partition coefficient (Wildman–Crippen LogP) is 12.5. The Kier molecular flexibility index (Phi) is 13.4. The molecule has 2 aliphatic rings. The Hall–Kier alpha value is -2.60. The van der Waals surface area contributed by atoms with Crippen molar-refractivity contribution in [2.75, 3.05) is 0 Å². The average Bonchev–Trinajstić information content (AvgIpc) is 2.85. The lowest BCUT2D eigenvalue weighted by Gasteiger charge is -2.36. The molecular weight excluding hydrogens is 480 g/mol. The van der Waals surface area contributed by atoms with Gasteiger partial charge in [0, 0.05) is 5.92 Å². The third-order valence-electron chi connectivity index (χ3n) is 8.71. The van der Waals surface area contributed by atoms with Gasteiger partial charge in [0.1, 0.15) is 0 Å². The van der Waals surface area contributed by atoms with Crippen LogP contribution >= 0.6 is 0 Å². The van der Waals surface area contributed by atoms with Gasteiger partial charge in [-0.3, -0.25) is 0 Å². The summed E-state index contributed by atoms with van der Waals surface area (Å²) >= 11 is 0. The zero-order chi connectivity index (χ0) is 29.8. The van der Waals surface area contributed by atoms with E-state index in [1.54, 1.807) is 11.1 Å². The van der Waals surface area contributed by atoms with Crippen LogP contribution in [0.2, 0.25) is 0 Å². The Balaban J connectivity index is 1.82. The fourth-order valence-electron chi connectivity index (χ4n) is 5.98. The Morgan fingerprint density at radius 2 is 1.50 bits per heavy atom. The summed E-state index contributed by atoms with van der Waals surface area (Å²) in [5.74, 6) is 1.08. The summed E-state index contributed by atoms with van der Waals surface area (Å²) in [6.45, 7) is 23.0. The molecule has 2 rings (SSSR count). The van der Waals surface area contributed by atoms with Gasteiger partial charge < -0.3 is 0 Å². The minimum atomic E-state index is 0.318. The molecule has 0 N–H and O–H groups in total. The normalized spacial score (nSPS) is 23.9. The molecule has 0 heterocycles. The topological polar surface area (TPSA) is 0 Å². The molecule has 2 unspecified atom stereocenters. The van der Waals surface area contributed by atoms with Crippen LogP contribution in [0.15, 0.2) is 119 Å². The van der Waals surface area contributed by atoms with Crippen LogP contribution in [0.3, 0.4) is 0 Å². The summed E-state index contributed by atoms with van der Waals surface area (Å²) in [6.07, 6.45) is 39.0. The van der Waals surface area contributed by atoms with E-state index in [1.807, 2.05) is 0 Å². The Morgan fingerprint density at radius 3 is 2.15 bits per heavy atom. The van der Waals surface area contributed by atoms with E-state index >= 15 is 0 Å². The molecule has 0 saturated carbocycles. The molecule has 218 valence electrons. The van der Waals surface area contributed by atoms with E-state index < -0.39 is 0 Å². The van der Waals surface area contributed by atoms with Gasteiger partial charge in [-0.05, 0) is 95.5 Å². The van der Waals surface area contributed by atoms with Crippen molar-refractivity contribution in [2.24, 2.45) is 22.7 Å². The van der Waals surface area contributed by atoms with Gasteiger partial charge in [-0.1, -0.05) is 148 Å². The lowest BCUT2D eigenvalue weighted by atomic mass is 9.68. The molecule has 0 aliphatic heterocycles. The molecule has 0 bridgehead atoms. The highest BCUT2D eigenvalue weighted by atomic mass is 14.3. The molecule has 0 amide bonds. The summed E-state index contributed by atoms with van der Waals surface area (Å²) in [5.41, 5.74) is 9.11. The van der Waals surface area contributed by atoms with Crippen molar-refractivity contribution in [3.05, 3.63) is 119 Å². The first-order valence-corrected chi connectivity index (χ1v) is 15.6. The maximum Gasteiger partial charge on any atom is 0.00285 e. The maximum absolute atomic E-state index is 2.41. The van der Waals surface area contributed by atoms with Crippen molar-refractivity contribution in [3.63, 3.8) is 0 Å².